The molecule has 1 aliphatic rings. The van der Waals surface area contributed by atoms with Crippen LogP contribution in [0.4, 0.5) is 9.18 Å². The first-order valence-electron chi connectivity index (χ1n) is 7.99. The first kappa shape index (κ1) is 18.1. The average Bonchev–Trinajstić information content (AvgIpc) is 3.06. The minimum atomic E-state index is -0.390. The van der Waals surface area contributed by atoms with Gasteiger partial charge in [0.1, 0.15) is 5.82 Å². The van der Waals surface area contributed by atoms with Crippen LogP contribution in [0.5, 0.6) is 0 Å². The lowest BCUT2D eigenvalue weighted by molar-refractivity contribution is 0.0769. The standard InChI is InChI=1S/C16H18FIN4O3/c1-2-24-16(23)22-7-5-21(6-8-22)10-14-19-15(25-20-14)12-9-11(18)3-4-13(12)17/h3-4,9H,2,5-8,10H2,1H3. The van der Waals surface area contributed by atoms with Crippen LogP contribution in [0.15, 0.2) is 22.7 Å². The van der Waals surface area contributed by atoms with Gasteiger partial charge in [0.05, 0.1) is 18.7 Å². The maximum atomic E-state index is 13.9. The smallest absolute Gasteiger partial charge is 0.409 e. The number of piperazine rings is 1. The minimum Gasteiger partial charge on any atom is -0.450 e. The molecule has 2 heterocycles. The van der Waals surface area contributed by atoms with E-state index in [2.05, 4.69) is 37.6 Å². The molecule has 7 nitrogen and oxygen atoms in total. The number of hydrogen-bond donors (Lipinski definition) is 0. The molecule has 1 aromatic heterocycles. The molecule has 0 radical (unpaired) electrons. The molecule has 0 atom stereocenters. The van der Waals surface area contributed by atoms with Crippen molar-refractivity contribution in [2.75, 3.05) is 32.8 Å². The number of benzene rings is 1. The van der Waals surface area contributed by atoms with Gasteiger partial charge in [-0.25, -0.2) is 9.18 Å². The Balaban J connectivity index is 1.59. The van der Waals surface area contributed by atoms with Gasteiger partial charge in [0, 0.05) is 29.7 Å². The zero-order valence-electron chi connectivity index (χ0n) is 13.7. The van der Waals surface area contributed by atoms with E-state index >= 15 is 0 Å². The number of nitrogens with zero attached hydrogens (tertiary/aromatic N) is 4. The molecule has 25 heavy (non-hydrogen) atoms. The second-order valence-electron chi connectivity index (χ2n) is 5.60. The lowest BCUT2D eigenvalue weighted by Crippen LogP contribution is -2.48. The quantitative estimate of drug-likeness (QED) is 0.654. The van der Waals surface area contributed by atoms with E-state index in [-0.39, 0.29) is 12.0 Å². The molecule has 1 saturated heterocycles. The summed E-state index contributed by atoms with van der Waals surface area (Å²) in [5.74, 6) is 0.285. The Kier molecular flexibility index (Phi) is 5.84. The highest BCUT2D eigenvalue weighted by Crippen LogP contribution is 2.23. The molecule has 0 spiro atoms. The van der Waals surface area contributed by atoms with Crippen LogP contribution in [0, 0.1) is 9.39 Å². The van der Waals surface area contributed by atoms with E-state index in [0.29, 0.717) is 50.7 Å². The van der Waals surface area contributed by atoms with Gasteiger partial charge in [-0.05, 0) is 47.7 Å². The molecular weight excluding hydrogens is 442 g/mol. The van der Waals surface area contributed by atoms with Crippen molar-refractivity contribution in [3.05, 3.63) is 33.4 Å². The average molecular weight is 460 g/mol. The van der Waals surface area contributed by atoms with Crippen molar-refractivity contribution in [3.63, 3.8) is 0 Å². The van der Waals surface area contributed by atoms with E-state index in [1.165, 1.54) is 6.07 Å². The summed E-state index contributed by atoms with van der Waals surface area (Å²) in [5.41, 5.74) is 0.304. The van der Waals surface area contributed by atoms with Crippen molar-refractivity contribution >= 4 is 28.7 Å². The number of carbonyl (C=O) groups excluding carboxylic acids is 1. The maximum Gasteiger partial charge on any atom is 0.409 e. The van der Waals surface area contributed by atoms with E-state index < -0.39 is 5.82 Å². The second-order valence-corrected chi connectivity index (χ2v) is 6.85. The van der Waals surface area contributed by atoms with Crippen molar-refractivity contribution in [2.45, 2.75) is 13.5 Å². The lowest BCUT2D eigenvalue weighted by Gasteiger charge is -2.33. The van der Waals surface area contributed by atoms with Crippen LogP contribution in [-0.2, 0) is 11.3 Å². The van der Waals surface area contributed by atoms with Gasteiger partial charge in [-0.1, -0.05) is 5.16 Å². The van der Waals surface area contributed by atoms with Crippen LogP contribution in [-0.4, -0.2) is 58.8 Å². The van der Waals surface area contributed by atoms with Crippen molar-refractivity contribution in [1.82, 2.24) is 19.9 Å². The molecule has 0 N–H and O–H groups in total. The fourth-order valence-electron chi connectivity index (χ4n) is 2.59. The lowest BCUT2D eigenvalue weighted by atomic mass is 10.2. The van der Waals surface area contributed by atoms with Crippen LogP contribution < -0.4 is 0 Å². The molecule has 1 amide bonds. The number of rotatable bonds is 4. The molecule has 0 aliphatic carbocycles. The number of ether oxygens (including phenoxy) is 1. The first-order chi connectivity index (χ1) is 12.1. The summed E-state index contributed by atoms with van der Waals surface area (Å²) >= 11 is 2.11. The first-order valence-corrected chi connectivity index (χ1v) is 9.06. The summed E-state index contributed by atoms with van der Waals surface area (Å²) in [5, 5.41) is 3.94. The largest absolute Gasteiger partial charge is 0.450 e. The molecule has 9 heteroatoms. The van der Waals surface area contributed by atoms with Crippen molar-refractivity contribution in [1.29, 1.82) is 0 Å². The van der Waals surface area contributed by atoms with E-state index in [4.69, 9.17) is 9.26 Å². The van der Waals surface area contributed by atoms with Gasteiger partial charge in [-0.3, -0.25) is 4.90 Å². The summed E-state index contributed by atoms with van der Waals surface area (Å²) in [4.78, 5) is 19.8. The molecule has 0 unspecified atom stereocenters. The summed E-state index contributed by atoms with van der Waals surface area (Å²) in [6.45, 7) is 5.23. The van der Waals surface area contributed by atoms with Crippen molar-refractivity contribution in [2.24, 2.45) is 0 Å². The Morgan fingerprint density at radius 2 is 2.12 bits per heavy atom. The van der Waals surface area contributed by atoms with Crippen LogP contribution in [0.1, 0.15) is 12.7 Å². The summed E-state index contributed by atoms with van der Waals surface area (Å²) < 4.78 is 25.0. The topological polar surface area (TPSA) is 71.7 Å². The number of carbonyl (C=O) groups is 1. The predicted molar refractivity (Wildman–Crippen MR) is 96.3 cm³/mol. The number of hydrogen-bond acceptors (Lipinski definition) is 6. The Hall–Kier alpha value is -1.75. The Morgan fingerprint density at radius 1 is 1.36 bits per heavy atom. The highest BCUT2D eigenvalue weighted by atomic mass is 127. The van der Waals surface area contributed by atoms with E-state index in [0.717, 1.165) is 3.57 Å². The Morgan fingerprint density at radius 3 is 2.84 bits per heavy atom. The van der Waals surface area contributed by atoms with Gasteiger partial charge >= 0.3 is 6.09 Å². The molecule has 134 valence electrons. The zero-order valence-corrected chi connectivity index (χ0v) is 15.9. The van der Waals surface area contributed by atoms with Crippen molar-refractivity contribution in [3.8, 4) is 11.5 Å². The molecular formula is C16H18FIN4O3. The molecule has 2 aromatic rings. The van der Waals surface area contributed by atoms with Gasteiger partial charge in [0.15, 0.2) is 5.82 Å². The second kappa shape index (κ2) is 8.09. The van der Waals surface area contributed by atoms with Crippen LogP contribution in [0.25, 0.3) is 11.5 Å². The number of halogens is 2. The minimum absolute atomic E-state index is 0.177. The highest BCUT2D eigenvalue weighted by molar-refractivity contribution is 14.1. The molecule has 1 aromatic carbocycles. The molecule has 1 fully saturated rings. The fourth-order valence-corrected chi connectivity index (χ4v) is 3.08. The highest BCUT2D eigenvalue weighted by Gasteiger charge is 2.23. The fraction of sp³-hybridized carbons (Fsp3) is 0.438. The summed E-state index contributed by atoms with van der Waals surface area (Å²) in [7, 11) is 0. The third kappa shape index (κ3) is 4.46. The summed E-state index contributed by atoms with van der Waals surface area (Å²) in [6.07, 6.45) is -0.279. The normalized spacial score (nSPS) is 15.4. The Bertz CT molecular complexity index is 747. The van der Waals surface area contributed by atoms with Gasteiger partial charge in [0.25, 0.3) is 5.89 Å². The molecule has 0 saturated carbocycles. The molecule has 1 aliphatic heterocycles. The number of amides is 1. The third-order valence-corrected chi connectivity index (χ3v) is 4.56. The van der Waals surface area contributed by atoms with Gasteiger partial charge in [-0.2, -0.15) is 4.98 Å². The SMILES string of the molecule is CCOC(=O)N1CCN(Cc2noc(-c3cc(I)ccc3F)n2)CC1. The molecule has 3 rings (SSSR count). The van der Waals surface area contributed by atoms with E-state index in [9.17, 15) is 9.18 Å². The van der Waals surface area contributed by atoms with Crippen LogP contribution in [0.2, 0.25) is 0 Å². The third-order valence-electron chi connectivity index (χ3n) is 3.89. The van der Waals surface area contributed by atoms with Gasteiger partial charge in [-0.15, -0.1) is 0 Å². The predicted octanol–water partition coefficient (Wildman–Crippen LogP) is 2.75. The Labute approximate surface area is 158 Å². The zero-order chi connectivity index (χ0) is 17.8. The maximum absolute atomic E-state index is 13.9. The van der Waals surface area contributed by atoms with Crippen LogP contribution in [0.3, 0.4) is 0 Å². The molecule has 0 bridgehead atoms. The summed E-state index contributed by atoms with van der Waals surface area (Å²) in [6, 6.07) is 4.74. The number of aromatic nitrogens is 2. The van der Waals surface area contributed by atoms with E-state index in [1.807, 2.05) is 0 Å². The monoisotopic (exact) mass is 460 g/mol. The van der Waals surface area contributed by atoms with Gasteiger partial charge < -0.3 is 14.2 Å². The van der Waals surface area contributed by atoms with Gasteiger partial charge in [0.2, 0.25) is 0 Å². The van der Waals surface area contributed by atoms with Crippen LogP contribution >= 0.6 is 22.6 Å². The van der Waals surface area contributed by atoms with Crippen molar-refractivity contribution < 1.29 is 18.4 Å². The van der Waals surface area contributed by atoms with E-state index in [1.54, 1.807) is 24.0 Å².